The van der Waals surface area contributed by atoms with E-state index in [0.29, 0.717) is 25.8 Å². The van der Waals surface area contributed by atoms with Gasteiger partial charge in [-0.05, 0) is 55.4 Å². The molecule has 0 aromatic heterocycles. The lowest BCUT2D eigenvalue weighted by Crippen LogP contribution is -2.41. The summed E-state index contributed by atoms with van der Waals surface area (Å²) in [7, 11) is 0. The molecule has 0 spiro atoms. The summed E-state index contributed by atoms with van der Waals surface area (Å²) in [6, 6.07) is 16.1. The Morgan fingerprint density at radius 3 is 2.29 bits per heavy atom. The molecule has 2 aromatic rings. The predicted molar refractivity (Wildman–Crippen MR) is 133 cm³/mol. The van der Waals surface area contributed by atoms with Crippen LogP contribution in [0, 0.1) is 11.3 Å². The number of hydrogen-bond donors (Lipinski definition) is 3. The lowest BCUT2D eigenvalue weighted by molar-refractivity contribution is -0.147. The summed E-state index contributed by atoms with van der Waals surface area (Å²) in [6.45, 7) is 3.81. The van der Waals surface area contributed by atoms with Crippen LogP contribution in [-0.2, 0) is 14.3 Å². The second kappa shape index (κ2) is 10.3. The molecule has 2 aromatic carbocycles. The highest BCUT2D eigenvalue weighted by Gasteiger charge is 2.31. The second-order valence-corrected chi connectivity index (χ2v) is 9.90. The van der Waals surface area contributed by atoms with Crippen LogP contribution in [0.25, 0.3) is 11.1 Å². The topological polar surface area (TPSA) is 105 Å². The van der Waals surface area contributed by atoms with Crippen LogP contribution < -0.4 is 10.6 Å². The maximum atomic E-state index is 12.6. The summed E-state index contributed by atoms with van der Waals surface area (Å²) in [5.41, 5.74) is 3.76. The fraction of sp³-hybridized carbons (Fsp3) is 0.393. The summed E-state index contributed by atoms with van der Waals surface area (Å²) < 4.78 is 5.62. The van der Waals surface area contributed by atoms with Crippen molar-refractivity contribution in [2.75, 3.05) is 13.2 Å². The molecule has 7 heteroatoms. The first-order chi connectivity index (χ1) is 16.8. The smallest absolute Gasteiger partial charge is 0.407 e. The zero-order chi connectivity index (χ0) is 25.0. The highest BCUT2D eigenvalue weighted by Crippen LogP contribution is 2.44. The van der Waals surface area contributed by atoms with Gasteiger partial charge in [0.05, 0.1) is 11.5 Å². The van der Waals surface area contributed by atoms with E-state index in [2.05, 4.69) is 34.9 Å². The first-order valence-corrected chi connectivity index (χ1v) is 12.1. The number of amides is 2. The SMILES string of the molecule is CC(C)(CCNC(=O)C1CC=CC(NC(=O)OCC2c3ccccc3-c3ccccc32)C1)C(=O)O. The third-order valence-corrected chi connectivity index (χ3v) is 6.97. The molecule has 2 amide bonds. The number of hydrogen-bond acceptors (Lipinski definition) is 4. The Bertz CT molecular complexity index is 1090. The van der Waals surface area contributed by atoms with Gasteiger partial charge in [-0.15, -0.1) is 0 Å². The highest BCUT2D eigenvalue weighted by atomic mass is 16.5. The largest absolute Gasteiger partial charge is 0.481 e. The summed E-state index contributed by atoms with van der Waals surface area (Å²) in [5.74, 6) is -1.31. The van der Waals surface area contributed by atoms with Gasteiger partial charge in [0.25, 0.3) is 0 Å². The van der Waals surface area contributed by atoms with Crippen LogP contribution in [-0.4, -0.2) is 42.3 Å². The van der Waals surface area contributed by atoms with Crippen molar-refractivity contribution in [1.29, 1.82) is 0 Å². The lowest BCUT2D eigenvalue weighted by atomic mass is 9.88. The first kappa shape index (κ1) is 24.5. The first-order valence-electron chi connectivity index (χ1n) is 12.1. The number of rotatable bonds is 8. The van der Waals surface area contributed by atoms with Crippen molar-refractivity contribution in [1.82, 2.24) is 10.6 Å². The van der Waals surface area contributed by atoms with E-state index in [1.807, 2.05) is 36.4 Å². The molecule has 2 aliphatic carbocycles. The zero-order valence-corrected chi connectivity index (χ0v) is 20.1. The van der Waals surface area contributed by atoms with Gasteiger partial charge in [0.1, 0.15) is 6.61 Å². The molecule has 0 heterocycles. The van der Waals surface area contributed by atoms with E-state index in [-0.39, 0.29) is 30.4 Å². The van der Waals surface area contributed by atoms with E-state index in [1.54, 1.807) is 13.8 Å². The number of carboxylic acid groups (broad SMARTS) is 1. The molecule has 0 fully saturated rings. The molecule has 0 saturated heterocycles. The molecule has 184 valence electrons. The molecular formula is C28H32N2O5. The van der Waals surface area contributed by atoms with Crippen LogP contribution in [0.1, 0.15) is 50.2 Å². The van der Waals surface area contributed by atoms with Crippen molar-refractivity contribution in [2.45, 2.75) is 45.1 Å². The third-order valence-electron chi connectivity index (χ3n) is 6.97. The Labute approximate surface area is 205 Å². The fourth-order valence-electron chi connectivity index (χ4n) is 4.75. The van der Waals surface area contributed by atoms with Crippen molar-refractivity contribution in [2.24, 2.45) is 11.3 Å². The van der Waals surface area contributed by atoms with Crippen molar-refractivity contribution < 1.29 is 24.2 Å². The van der Waals surface area contributed by atoms with E-state index >= 15 is 0 Å². The van der Waals surface area contributed by atoms with Gasteiger partial charge in [-0.1, -0.05) is 60.7 Å². The number of allylic oxidation sites excluding steroid dienone is 1. The molecule has 4 rings (SSSR count). The third kappa shape index (κ3) is 5.56. The normalized spacial score (nSPS) is 18.9. The molecule has 2 unspecified atom stereocenters. The number of ether oxygens (including phenoxy) is 1. The molecule has 0 radical (unpaired) electrons. The number of carboxylic acids is 1. The molecule has 3 N–H and O–H groups in total. The fourth-order valence-corrected chi connectivity index (χ4v) is 4.75. The Balaban J connectivity index is 1.28. The average molecular weight is 477 g/mol. The minimum absolute atomic E-state index is 0.0105. The van der Waals surface area contributed by atoms with Crippen molar-refractivity contribution in [3.05, 3.63) is 71.8 Å². The van der Waals surface area contributed by atoms with Gasteiger partial charge >= 0.3 is 12.1 Å². The minimum Gasteiger partial charge on any atom is -0.481 e. The minimum atomic E-state index is -0.895. The maximum absolute atomic E-state index is 12.6. The van der Waals surface area contributed by atoms with Crippen LogP contribution in [0.5, 0.6) is 0 Å². The number of aliphatic carboxylic acids is 1. The number of nitrogens with one attached hydrogen (secondary N) is 2. The van der Waals surface area contributed by atoms with E-state index < -0.39 is 17.5 Å². The number of benzene rings is 2. The summed E-state index contributed by atoms with van der Waals surface area (Å²) >= 11 is 0. The average Bonchev–Trinajstić information content (AvgIpc) is 3.16. The van der Waals surface area contributed by atoms with Crippen molar-refractivity contribution in [3.63, 3.8) is 0 Å². The maximum Gasteiger partial charge on any atom is 0.407 e. The Morgan fingerprint density at radius 2 is 1.66 bits per heavy atom. The molecule has 0 saturated carbocycles. The molecule has 2 atom stereocenters. The van der Waals surface area contributed by atoms with Crippen molar-refractivity contribution >= 4 is 18.0 Å². The van der Waals surface area contributed by atoms with Crippen LogP contribution >= 0.6 is 0 Å². The molecule has 7 nitrogen and oxygen atoms in total. The number of alkyl carbamates (subject to hydrolysis) is 1. The predicted octanol–water partition coefficient (Wildman–Crippen LogP) is 4.48. The van der Waals surface area contributed by atoms with Gasteiger partial charge in [-0.25, -0.2) is 4.79 Å². The van der Waals surface area contributed by atoms with Crippen molar-refractivity contribution in [3.8, 4) is 11.1 Å². The molecular weight excluding hydrogens is 444 g/mol. The molecule has 0 bridgehead atoms. The van der Waals surface area contributed by atoms with E-state index in [4.69, 9.17) is 4.74 Å². The second-order valence-electron chi connectivity index (χ2n) is 9.90. The van der Waals surface area contributed by atoms with Gasteiger partial charge in [0.2, 0.25) is 5.91 Å². The number of carbonyl (C=O) groups is 3. The molecule has 2 aliphatic rings. The van der Waals surface area contributed by atoms with Gasteiger partial charge in [0.15, 0.2) is 0 Å². The standard InChI is InChI=1S/C28H32N2O5/c1-28(2,26(32)33)14-15-29-25(31)18-8-7-9-19(16-18)30-27(34)35-17-24-22-12-5-3-10-20(22)21-11-4-6-13-23(21)24/h3-7,9-13,18-19,24H,8,14-17H2,1-2H3,(H,29,31)(H,30,34)(H,32,33). The Hall–Kier alpha value is -3.61. The number of carbonyl (C=O) groups excluding carboxylic acids is 2. The lowest BCUT2D eigenvalue weighted by Gasteiger charge is -2.26. The van der Waals surface area contributed by atoms with E-state index in [1.165, 1.54) is 11.1 Å². The van der Waals surface area contributed by atoms with Gasteiger partial charge < -0.3 is 20.5 Å². The van der Waals surface area contributed by atoms with Gasteiger partial charge in [-0.3, -0.25) is 9.59 Å². The van der Waals surface area contributed by atoms with E-state index in [0.717, 1.165) is 11.1 Å². The Kier molecular flexibility index (Phi) is 7.24. The summed E-state index contributed by atoms with van der Waals surface area (Å²) in [4.78, 5) is 36.4. The Morgan fingerprint density at radius 1 is 1.03 bits per heavy atom. The summed E-state index contributed by atoms with van der Waals surface area (Å²) in [5, 5.41) is 14.9. The summed E-state index contributed by atoms with van der Waals surface area (Å²) in [6.07, 6.45) is 4.66. The molecule has 0 aliphatic heterocycles. The highest BCUT2D eigenvalue weighted by molar-refractivity contribution is 5.80. The zero-order valence-electron chi connectivity index (χ0n) is 20.1. The van der Waals surface area contributed by atoms with Crippen LogP contribution in [0.15, 0.2) is 60.7 Å². The van der Waals surface area contributed by atoms with Crippen LogP contribution in [0.3, 0.4) is 0 Å². The van der Waals surface area contributed by atoms with E-state index in [9.17, 15) is 19.5 Å². The molecule has 35 heavy (non-hydrogen) atoms. The van der Waals surface area contributed by atoms with Gasteiger partial charge in [-0.2, -0.15) is 0 Å². The number of fused-ring (bicyclic) bond motifs is 3. The van der Waals surface area contributed by atoms with Crippen LogP contribution in [0.4, 0.5) is 4.79 Å². The monoisotopic (exact) mass is 476 g/mol. The van der Waals surface area contributed by atoms with Crippen LogP contribution in [0.2, 0.25) is 0 Å². The van der Waals surface area contributed by atoms with Gasteiger partial charge in [0, 0.05) is 18.4 Å². The quantitative estimate of drug-likeness (QED) is 0.488.